The van der Waals surface area contributed by atoms with Gasteiger partial charge in [-0.2, -0.15) is 0 Å². The molecule has 0 saturated carbocycles. The zero-order valence-electron chi connectivity index (χ0n) is 23.7. The minimum absolute atomic E-state index is 0.163. The van der Waals surface area contributed by atoms with Crippen molar-refractivity contribution in [2.24, 2.45) is 11.5 Å². The molecular formula is C24H58N2O3Si3. The summed E-state index contributed by atoms with van der Waals surface area (Å²) in [5.41, 5.74) is 12.0. The Morgan fingerprint density at radius 3 is 1.53 bits per heavy atom. The van der Waals surface area contributed by atoms with Gasteiger partial charge in [0.2, 0.25) is 0 Å². The van der Waals surface area contributed by atoms with E-state index in [1.54, 1.807) is 0 Å². The highest BCUT2D eigenvalue weighted by molar-refractivity contribution is 6.88. The molecule has 5 nitrogen and oxygen atoms in total. The third kappa shape index (κ3) is 8.00. The maximum Gasteiger partial charge on any atom is 0.501 e. The number of nitrogens with two attached hydrogens (primary N) is 2. The monoisotopic (exact) mass is 506 g/mol. The van der Waals surface area contributed by atoms with E-state index in [1.165, 1.54) is 0 Å². The second-order valence-electron chi connectivity index (χ2n) is 12.6. The Morgan fingerprint density at radius 1 is 0.719 bits per heavy atom. The van der Waals surface area contributed by atoms with Crippen molar-refractivity contribution < 1.29 is 13.3 Å². The van der Waals surface area contributed by atoms with Gasteiger partial charge in [-0.3, -0.25) is 0 Å². The minimum Gasteiger partial charge on any atom is -0.374 e. The van der Waals surface area contributed by atoms with Crippen molar-refractivity contribution >= 4 is 25.0 Å². The summed E-state index contributed by atoms with van der Waals surface area (Å²) in [5.74, 6) is 0. The molecular weight excluding hydrogens is 449 g/mol. The molecule has 0 amide bonds. The van der Waals surface area contributed by atoms with E-state index in [4.69, 9.17) is 24.7 Å². The second-order valence-corrected chi connectivity index (χ2v) is 26.5. The topological polar surface area (TPSA) is 79.7 Å². The zero-order chi connectivity index (χ0) is 25.5. The van der Waals surface area contributed by atoms with Crippen molar-refractivity contribution in [2.45, 2.75) is 128 Å². The first-order valence-corrected chi connectivity index (χ1v) is 20.9. The van der Waals surface area contributed by atoms with E-state index < -0.39 is 25.0 Å². The molecule has 4 N–H and O–H groups in total. The van der Waals surface area contributed by atoms with Crippen LogP contribution < -0.4 is 11.5 Å². The molecule has 0 aliphatic heterocycles. The molecule has 0 radical (unpaired) electrons. The predicted molar refractivity (Wildman–Crippen MR) is 149 cm³/mol. The Hall–Kier alpha value is 0.451. The van der Waals surface area contributed by atoms with Crippen LogP contribution in [0, 0.1) is 0 Å². The fraction of sp³-hybridized carbons (Fsp3) is 1.00. The van der Waals surface area contributed by atoms with E-state index in [9.17, 15) is 0 Å². The average Bonchev–Trinajstić information content (AvgIpc) is 2.62. The number of hydrogen-bond acceptors (Lipinski definition) is 5. The van der Waals surface area contributed by atoms with E-state index in [2.05, 4.69) is 67.7 Å². The van der Waals surface area contributed by atoms with Crippen LogP contribution in [0.5, 0.6) is 0 Å². The summed E-state index contributed by atoms with van der Waals surface area (Å²) >= 11 is 0. The highest BCUT2D eigenvalue weighted by Gasteiger charge is 2.61. The molecule has 0 bridgehead atoms. The first kappa shape index (κ1) is 32.5. The summed E-state index contributed by atoms with van der Waals surface area (Å²) in [6, 6.07) is 1.89. The van der Waals surface area contributed by atoms with E-state index in [0.29, 0.717) is 26.3 Å². The minimum atomic E-state index is -2.91. The van der Waals surface area contributed by atoms with Crippen molar-refractivity contribution in [3.63, 3.8) is 0 Å². The van der Waals surface area contributed by atoms with Gasteiger partial charge < -0.3 is 24.7 Å². The van der Waals surface area contributed by atoms with Crippen LogP contribution in [0.15, 0.2) is 0 Å². The SMILES string of the molecule is CCO[Si](CCCN)(OCC)OC(CCCN)(C[Si](C)(C)C(C)(C)C)[Si](C)(C)C(C)(C)C. The fourth-order valence-corrected chi connectivity index (χ4v) is 16.2. The lowest BCUT2D eigenvalue weighted by Gasteiger charge is -2.58. The number of rotatable bonds is 15. The lowest BCUT2D eigenvalue weighted by atomic mass is 10.2. The Labute approximate surface area is 204 Å². The van der Waals surface area contributed by atoms with Gasteiger partial charge in [-0.15, -0.1) is 0 Å². The quantitative estimate of drug-likeness (QED) is 0.251. The lowest BCUT2D eigenvalue weighted by Crippen LogP contribution is -2.69. The van der Waals surface area contributed by atoms with E-state index >= 15 is 0 Å². The molecule has 0 aromatic heterocycles. The van der Waals surface area contributed by atoms with E-state index in [0.717, 1.165) is 31.4 Å². The van der Waals surface area contributed by atoms with Crippen molar-refractivity contribution in [2.75, 3.05) is 26.3 Å². The molecule has 194 valence electrons. The third-order valence-corrected chi connectivity index (χ3v) is 24.1. The summed E-state index contributed by atoms with van der Waals surface area (Å²) in [5, 5.41) is 0.181. The van der Waals surface area contributed by atoms with Crippen LogP contribution in [0.3, 0.4) is 0 Å². The van der Waals surface area contributed by atoms with Crippen molar-refractivity contribution in [3.8, 4) is 0 Å². The highest BCUT2D eigenvalue weighted by Crippen LogP contribution is 2.54. The van der Waals surface area contributed by atoms with Crippen LogP contribution in [-0.2, 0) is 13.3 Å². The largest absolute Gasteiger partial charge is 0.501 e. The molecule has 0 rings (SSSR count). The molecule has 0 fully saturated rings. The normalized spacial score (nSPS) is 16.3. The molecule has 8 heteroatoms. The summed E-state index contributed by atoms with van der Waals surface area (Å²) in [6.45, 7) is 31.1. The van der Waals surface area contributed by atoms with Crippen LogP contribution in [0.1, 0.15) is 74.7 Å². The fourth-order valence-electron chi connectivity index (χ4n) is 4.24. The molecule has 0 aromatic rings. The second kappa shape index (κ2) is 12.4. The van der Waals surface area contributed by atoms with E-state index in [-0.39, 0.29) is 15.3 Å². The standard InChI is InChI=1S/C24H58N2O3Si3/c1-13-27-32(28-14-2,20-16-19-26)29-24(17-15-18-25,31(11,12)23(6,7)8)21-30(9,10)22(3,4)5/h13-21,25-26H2,1-12H3. The molecule has 0 heterocycles. The van der Waals surface area contributed by atoms with Gasteiger partial charge in [-0.25, -0.2) is 0 Å². The van der Waals surface area contributed by atoms with Gasteiger partial charge in [0.25, 0.3) is 0 Å². The van der Waals surface area contributed by atoms with Gasteiger partial charge in [0, 0.05) is 24.5 Å². The van der Waals surface area contributed by atoms with Crippen molar-refractivity contribution in [3.05, 3.63) is 0 Å². The van der Waals surface area contributed by atoms with Gasteiger partial charge >= 0.3 is 8.80 Å². The molecule has 0 aliphatic rings. The van der Waals surface area contributed by atoms with Crippen LogP contribution in [-0.4, -0.2) is 56.5 Å². The molecule has 0 aromatic carbocycles. The molecule has 0 aliphatic carbocycles. The molecule has 1 atom stereocenters. The number of hydrogen-bond donors (Lipinski definition) is 2. The van der Waals surface area contributed by atoms with Crippen LogP contribution in [0.25, 0.3) is 0 Å². The van der Waals surface area contributed by atoms with Crippen LogP contribution in [0.2, 0.25) is 48.4 Å². The maximum atomic E-state index is 7.51. The average molecular weight is 507 g/mol. The molecule has 0 spiro atoms. The van der Waals surface area contributed by atoms with Gasteiger partial charge in [0.1, 0.15) is 0 Å². The Kier molecular flexibility index (Phi) is 12.6. The molecule has 1 unspecified atom stereocenters. The first-order valence-electron chi connectivity index (χ1n) is 12.8. The van der Waals surface area contributed by atoms with Gasteiger partial charge in [-0.1, -0.05) is 67.7 Å². The molecule has 0 saturated heterocycles. The lowest BCUT2D eigenvalue weighted by molar-refractivity contribution is 0.00824. The van der Waals surface area contributed by atoms with Gasteiger partial charge in [0.05, 0.1) is 16.1 Å². The highest BCUT2D eigenvalue weighted by atomic mass is 28.4. The van der Waals surface area contributed by atoms with Crippen molar-refractivity contribution in [1.29, 1.82) is 0 Å². The smallest absolute Gasteiger partial charge is 0.374 e. The zero-order valence-corrected chi connectivity index (χ0v) is 26.7. The summed E-state index contributed by atoms with van der Waals surface area (Å²) in [4.78, 5) is 0. The Bertz CT molecular complexity index is 540. The Morgan fingerprint density at radius 2 is 1.19 bits per heavy atom. The Balaban J connectivity index is 6.94. The third-order valence-electron chi connectivity index (χ3n) is 8.32. The van der Waals surface area contributed by atoms with Crippen LogP contribution in [0.4, 0.5) is 0 Å². The summed E-state index contributed by atoms with van der Waals surface area (Å²) in [7, 11) is -6.63. The maximum absolute atomic E-state index is 7.51. The van der Waals surface area contributed by atoms with Gasteiger partial charge in [0.15, 0.2) is 0 Å². The first-order chi connectivity index (χ1) is 14.4. The van der Waals surface area contributed by atoms with E-state index in [1.807, 2.05) is 13.8 Å². The van der Waals surface area contributed by atoms with Crippen molar-refractivity contribution in [1.82, 2.24) is 0 Å². The molecule has 32 heavy (non-hydrogen) atoms. The predicted octanol–water partition coefficient (Wildman–Crippen LogP) is 6.40. The summed E-state index contributed by atoms with van der Waals surface area (Å²) in [6.07, 6.45) is 2.79. The summed E-state index contributed by atoms with van der Waals surface area (Å²) < 4.78 is 20.4. The van der Waals surface area contributed by atoms with Gasteiger partial charge in [-0.05, 0) is 62.3 Å². The van der Waals surface area contributed by atoms with Crippen LogP contribution >= 0.6 is 0 Å².